The molecule has 0 atom stereocenters. The Morgan fingerprint density at radius 1 is 0.957 bits per heavy atom. The Bertz CT molecular complexity index is 769. The fraction of sp³-hybridized carbons (Fsp3) is 0.167. The summed E-state index contributed by atoms with van der Waals surface area (Å²) < 4.78 is 0. The quantitative estimate of drug-likeness (QED) is 0.750. The molecule has 2 N–H and O–H groups in total. The minimum atomic E-state index is 0.581. The molecule has 0 fully saturated rings. The molecule has 2 aromatic heterocycles. The highest BCUT2D eigenvalue weighted by molar-refractivity contribution is 5.55. The van der Waals surface area contributed by atoms with Crippen LogP contribution in [0, 0.1) is 13.8 Å². The average molecular weight is 305 g/mol. The first-order chi connectivity index (χ1) is 11.2. The fourth-order valence-electron chi connectivity index (χ4n) is 2.16. The highest BCUT2D eigenvalue weighted by Gasteiger charge is 2.03. The molecule has 1 aromatic carbocycles. The predicted octanol–water partition coefficient (Wildman–Crippen LogP) is 3.84. The number of pyridine rings is 1. The zero-order valence-corrected chi connectivity index (χ0v) is 13.2. The van der Waals surface area contributed by atoms with Gasteiger partial charge in [-0.1, -0.05) is 23.8 Å². The molecule has 0 bridgehead atoms. The molecule has 3 aromatic rings. The van der Waals surface area contributed by atoms with Gasteiger partial charge >= 0.3 is 0 Å². The number of benzene rings is 1. The van der Waals surface area contributed by atoms with Crippen molar-refractivity contribution in [2.75, 3.05) is 10.6 Å². The number of rotatable bonds is 5. The van der Waals surface area contributed by atoms with Gasteiger partial charge in [-0.15, -0.1) is 0 Å². The Hall–Kier alpha value is -2.95. The Morgan fingerprint density at radius 2 is 1.78 bits per heavy atom. The van der Waals surface area contributed by atoms with Gasteiger partial charge in [-0.05, 0) is 38.1 Å². The number of aromatic nitrogens is 3. The second-order valence-corrected chi connectivity index (χ2v) is 5.38. The molecular formula is C18H19N5. The molecule has 5 nitrogen and oxygen atoms in total. The maximum Gasteiger partial charge on any atom is 0.229 e. The molecule has 116 valence electrons. The van der Waals surface area contributed by atoms with Crippen LogP contribution in [-0.2, 0) is 6.54 Å². The van der Waals surface area contributed by atoms with Crippen molar-refractivity contribution >= 4 is 17.5 Å². The summed E-state index contributed by atoms with van der Waals surface area (Å²) in [7, 11) is 0. The number of aryl methyl sites for hydroxylation is 2. The van der Waals surface area contributed by atoms with Crippen LogP contribution in [0.2, 0.25) is 0 Å². The van der Waals surface area contributed by atoms with E-state index in [2.05, 4.69) is 44.6 Å². The minimum absolute atomic E-state index is 0.581. The van der Waals surface area contributed by atoms with Crippen LogP contribution < -0.4 is 10.6 Å². The second-order valence-electron chi connectivity index (χ2n) is 5.38. The smallest absolute Gasteiger partial charge is 0.229 e. The zero-order valence-electron chi connectivity index (χ0n) is 13.2. The van der Waals surface area contributed by atoms with Gasteiger partial charge in [0.05, 0.1) is 12.2 Å². The summed E-state index contributed by atoms with van der Waals surface area (Å²) in [6.45, 7) is 4.64. The molecule has 0 amide bonds. The van der Waals surface area contributed by atoms with Crippen LogP contribution in [0.25, 0.3) is 0 Å². The average Bonchev–Trinajstić information content (AvgIpc) is 2.56. The Labute approximate surface area is 135 Å². The van der Waals surface area contributed by atoms with Gasteiger partial charge in [0.2, 0.25) is 5.95 Å². The van der Waals surface area contributed by atoms with Crippen molar-refractivity contribution < 1.29 is 0 Å². The van der Waals surface area contributed by atoms with Crippen molar-refractivity contribution in [3.8, 4) is 0 Å². The summed E-state index contributed by atoms with van der Waals surface area (Å²) in [6.07, 6.45) is 1.78. The van der Waals surface area contributed by atoms with Gasteiger partial charge in [-0.3, -0.25) is 4.98 Å². The monoisotopic (exact) mass is 305 g/mol. The molecule has 0 saturated heterocycles. The van der Waals surface area contributed by atoms with Crippen LogP contribution in [0.15, 0.2) is 54.7 Å². The topological polar surface area (TPSA) is 62.7 Å². The lowest BCUT2D eigenvalue weighted by atomic mass is 10.2. The van der Waals surface area contributed by atoms with Gasteiger partial charge in [0.25, 0.3) is 0 Å². The lowest BCUT2D eigenvalue weighted by molar-refractivity contribution is 1.01. The van der Waals surface area contributed by atoms with Gasteiger partial charge in [0.15, 0.2) is 0 Å². The van der Waals surface area contributed by atoms with E-state index in [0.29, 0.717) is 12.5 Å². The number of nitrogens with zero attached hydrogens (tertiary/aromatic N) is 3. The lowest BCUT2D eigenvalue weighted by Gasteiger charge is -2.10. The standard InChI is InChI=1S/C18H19N5/c1-13-6-8-15(9-7-13)22-18-21-14(2)11-17(23-18)20-12-16-5-3-4-10-19-16/h3-11H,12H2,1-2H3,(H2,20,21,22,23). The molecule has 0 saturated carbocycles. The van der Waals surface area contributed by atoms with Crippen molar-refractivity contribution in [3.63, 3.8) is 0 Å². The highest BCUT2D eigenvalue weighted by Crippen LogP contribution is 2.16. The number of nitrogens with one attached hydrogen (secondary N) is 2. The summed E-state index contributed by atoms with van der Waals surface area (Å²) in [5.74, 6) is 1.36. The summed E-state index contributed by atoms with van der Waals surface area (Å²) in [4.78, 5) is 13.2. The number of anilines is 3. The highest BCUT2D eigenvalue weighted by atomic mass is 15.1. The van der Waals surface area contributed by atoms with Crippen LogP contribution in [0.5, 0.6) is 0 Å². The van der Waals surface area contributed by atoms with Crippen LogP contribution in [0.1, 0.15) is 17.0 Å². The van der Waals surface area contributed by atoms with Crippen molar-refractivity contribution in [1.29, 1.82) is 0 Å². The molecule has 0 aliphatic heterocycles. The van der Waals surface area contributed by atoms with Crippen molar-refractivity contribution in [3.05, 3.63) is 71.7 Å². The van der Waals surface area contributed by atoms with E-state index in [0.717, 1.165) is 22.9 Å². The van der Waals surface area contributed by atoms with Gasteiger partial charge < -0.3 is 10.6 Å². The van der Waals surface area contributed by atoms with E-state index in [4.69, 9.17) is 0 Å². The van der Waals surface area contributed by atoms with Crippen LogP contribution in [-0.4, -0.2) is 15.0 Å². The molecule has 0 spiro atoms. The maximum absolute atomic E-state index is 4.51. The van der Waals surface area contributed by atoms with E-state index in [1.165, 1.54) is 5.56 Å². The molecule has 0 radical (unpaired) electrons. The summed E-state index contributed by atoms with van der Waals surface area (Å²) in [6, 6.07) is 15.9. The minimum Gasteiger partial charge on any atom is -0.364 e. The largest absolute Gasteiger partial charge is 0.364 e. The third kappa shape index (κ3) is 4.26. The molecular weight excluding hydrogens is 286 g/mol. The van der Waals surface area contributed by atoms with E-state index in [9.17, 15) is 0 Å². The molecule has 0 aliphatic rings. The summed E-state index contributed by atoms with van der Waals surface area (Å²) >= 11 is 0. The van der Waals surface area contributed by atoms with E-state index < -0.39 is 0 Å². The lowest BCUT2D eigenvalue weighted by Crippen LogP contribution is -2.06. The van der Waals surface area contributed by atoms with Gasteiger partial charge in [-0.2, -0.15) is 4.98 Å². The summed E-state index contributed by atoms with van der Waals surface area (Å²) in [5, 5.41) is 6.52. The molecule has 23 heavy (non-hydrogen) atoms. The van der Waals surface area contributed by atoms with Gasteiger partial charge in [-0.25, -0.2) is 4.98 Å². The predicted molar refractivity (Wildman–Crippen MR) is 92.8 cm³/mol. The fourth-order valence-corrected chi connectivity index (χ4v) is 2.16. The van der Waals surface area contributed by atoms with E-state index >= 15 is 0 Å². The Balaban J connectivity index is 1.72. The van der Waals surface area contributed by atoms with E-state index in [1.807, 2.05) is 43.3 Å². The molecule has 2 heterocycles. The number of hydrogen-bond acceptors (Lipinski definition) is 5. The SMILES string of the molecule is Cc1ccc(Nc2nc(C)cc(NCc3ccccn3)n2)cc1. The first-order valence-corrected chi connectivity index (χ1v) is 7.52. The molecule has 0 unspecified atom stereocenters. The molecule has 3 rings (SSSR count). The summed E-state index contributed by atoms with van der Waals surface area (Å²) in [5.41, 5.74) is 4.06. The first-order valence-electron chi connectivity index (χ1n) is 7.52. The maximum atomic E-state index is 4.51. The van der Waals surface area contributed by atoms with Crippen molar-refractivity contribution in [2.24, 2.45) is 0 Å². The molecule has 0 aliphatic carbocycles. The normalized spacial score (nSPS) is 10.3. The van der Waals surface area contributed by atoms with E-state index in [-0.39, 0.29) is 0 Å². The second kappa shape index (κ2) is 6.87. The first kappa shape index (κ1) is 15.0. The van der Waals surface area contributed by atoms with Crippen LogP contribution in [0.3, 0.4) is 0 Å². The third-order valence-corrected chi connectivity index (χ3v) is 3.34. The van der Waals surface area contributed by atoms with Crippen molar-refractivity contribution in [1.82, 2.24) is 15.0 Å². The Kier molecular flexibility index (Phi) is 4.47. The van der Waals surface area contributed by atoms with E-state index in [1.54, 1.807) is 6.20 Å². The number of hydrogen-bond donors (Lipinski definition) is 2. The molecule has 5 heteroatoms. The van der Waals surface area contributed by atoms with Crippen LogP contribution in [0.4, 0.5) is 17.5 Å². The zero-order chi connectivity index (χ0) is 16.1. The van der Waals surface area contributed by atoms with Gasteiger partial charge in [0.1, 0.15) is 5.82 Å². The van der Waals surface area contributed by atoms with Crippen LogP contribution >= 0.6 is 0 Å². The van der Waals surface area contributed by atoms with Gasteiger partial charge in [0, 0.05) is 23.6 Å². The van der Waals surface area contributed by atoms with Crippen molar-refractivity contribution in [2.45, 2.75) is 20.4 Å². The third-order valence-electron chi connectivity index (χ3n) is 3.34. The Morgan fingerprint density at radius 3 is 2.52 bits per heavy atom.